The minimum absolute atomic E-state index is 0.0477. The highest BCUT2D eigenvalue weighted by Crippen LogP contribution is 2.18. The summed E-state index contributed by atoms with van der Waals surface area (Å²) in [6.45, 7) is 2.89. The van der Waals surface area contributed by atoms with E-state index in [1.165, 1.54) is 5.56 Å². The lowest BCUT2D eigenvalue weighted by Gasteiger charge is -2.32. The first-order valence-electron chi connectivity index (χ1n) is 11.3. The average Bonchev–Trinajstić information content (AvgIpc) is 3.08. The predicted molar refractivity (Wildman–Crippen MR) is 123 cm³/mol. The van der Waals surface area contributed by atoms with Crippen LogP contribution in [0.5, 0.6) is 5.75 Å². The lowest BCUT2D eigenvalue weighted by molar-refractivity contribution is -0.131. The number of rotatable bonds is 8. The smallest absolute Gasteiger partial charge is 0.325 e. The van der Waals surface area contributed by atoms with E-state index < -0.39 is 12.1 Å². The maximum atomic E-state index is 12.7. The van der Waals surface area contributed by atoms with E-state index in [1.54, 1.807) is 19.2 Å². The Morgan fingerprint density at radius 3 is 2.33 bits per heavy atom. The largest absolute Gasteiger partial charge is 0.497 e. The molecule has 4 rings (SSSR count). The molecule has 0 saturated carbocycles. The molecule has 1 atom stereocenters. The van der Waals surface area contributed by atoms with E-state index in [-0.39, 0.29) is 30.8 Å². The summed E-state index contributed by atoms with van der Waals surface area (Å²) in [6, 6.07) is 16.3. The van der Waals surface area contributed by atoms with Gasteiger partial charge in [-0.3, -0.25) is 19.4 Å². The summed E-state index contributed by atoms with van der Waals surface area (Å²) >= 11 is 0. The predicted octanol–water partition coefficient (Wildman–Crippen LogP) is 2.29. The highest BCUT2D eigenvalue weighted by atomic mass is 16.5. The number of carbonyl (C=O) groups is 3. The quantitative estimate of drug-likeness (QED) is 0.603. The maximum absolute atomic E-state index is 12.7. The van der Waals surface area contributed by atoms with Crippen LogP contribution in [0.4, 0.5) is 4.79 Å². The zero-order chi connectivity index (χ0) is 23.2. The van der Waals surface area contributed by atoms with Crippen LogP contribution in [-0.2, 0) is 22.7 Å². The molecule has 2 heterocycles. The number of methoxy groups -OCH3 is 1. The summed E-state index contributed by atoms with van der Waals surface area (Å²) in [4.78, 5) is 41.1. The normalized spacial score (nSPS) is 19.4. The highest BCUT2D eigenvalue weighted by molar-refractivity contribution is 6.05. The van der Waals surface area contributed by atoms with Crippen LogP contribution in [0.2, 0.25) is 0 Å². The number of hydrogen-bond acceptors (Lipinski definition) is 5. The van der Waals surface area contributed by atoms with E-state index in [0.717, 1.165) is 42.9 Å². The maximum Gasteiger partial charge on any atom is 0.325 e. The van der Waals surface area contributed by atoms with Crippen molar-refractivity contribution in [1.82, 2.24) is 20.4 Å². The molecule has 0 aromatic heterocycles. The number of amides is 4. The lowest BCUT2D eigenvalue weighted by Crippen LogP contribution is -2.46. The number of benzene rings is 2. The molecule has 2 aliphatic rings. The fourth-order valence-corrected chi connectivity index (χ4v) is 4.33. The van der Waals surface area contributed by atoms with Gasteiger partial charge in [-0.05, 0) is 36.1 Å². The molecular formula is C25H30N4O4. The van der Waals surface area contributed by atoms with E-state index in [4.69, 9.17) is 4.74 Å². The van der Waals surface area contributed by atoms with Gasteiger partial charge in [-0.15, -0.1) is 0 Å². The van der Waals surface area contributed by atoms with Gasteiger partial charge in [0.15, 0.2) is 0 Å². The molecule has 2 N–H and O–H groups in total. The van der Waals surface area contributed by atoms with E-state index in [2.05, 4.69) is 27.7 Å². The third-order valence-corrected chi connectivity index (χ3v) is 6.20. The summed E-state index contributed by atoms with van der Waals surface area (Å²) in [5.74, 6) is 0.126. The standard InChI is InChI=1S/C25H30N4O4/c1-33-21-9-7-19(8-10-21)17-29-24(31)22(27-25(29)32)15-23(30)26-20-11-13-28(14-12-20)16-18-5-3-2-4-6-18/h2-10,20,22H,11-17H2,1H3,(H,26,30)(H,27,32)/t22-/m1/s1. The van der Waals surface area contributed by atoms with Gasteiger partial charge in [0.05, 0.1) is 20.1 Å². The molecule has 174 valence electrons. The number of nitrogens with one attached hydrogen (secondary N) is 2. The molecule has 2 aliphatic heterocycles. The second-order valence-electron chi connectivity index (χ2n) is 8.58. The molecular weight excluding hydrogens is 420 g/mol. The molecule has 0 spiro atoms. The molecule has 2 aromatic carbocycles. The average molecular weight is 451 g/mol. The summed E-state index contributed by atoms with van der Waals surface area (Å²) < 4.78 is 5.13. The molecule has 2 fully saturated rings. The van der Waals surface area contributed by atoms with Crippen molar-refractivity contribution in [1.29, 1.82) is 0 Å². The van der Waals surface area contributed by atoms with Gasteiger partial charge in [0, 0.05) is 25.7 Å². The molecule has 0 aliphatic carbocycles. The van der Waals surface area contributed by atoms with Crippen LogP contribution in [-0.4, -0.2) is 59.9 Å². The van der Waals surface area contributed by atoms with Gasteiger partial charge in [-0.1, -0.05) is 42.5 Å². The van der Waals surface area contributed by atoms with Gasteiger partial charge in [0.25, 0.3) is 5.91 Å². The fourth-order valence-electron chi connectivity index (χ4n) is 4.33. The van der Waals surface area contributed by atoms with Gasteiger partial charge in [-0.25, -0.2) is 4.79 Å². The minimum atomic E-state index is -0.825. The first-order valence-corrected chi connectivity index (χ1v) is 11.3. The first kappa shape index (κ1) is 22.8. The summed E-state index contributed by atoms with van der Waals surface area (Å²) in [6.07, 6.45) is 1.69. The Bertz CT molecular complexity index is 972. The highest BCUT2D eigenvalue weighted by Gasteiger charge is 2.39. The van der Waals surface area contributed by atoms with Gasteiger partial charge < -0.3 is 15.4 Å². The van der Waals surface area contributed by atoms with Crippen LogP contribution in [0.1, 0.15) is 30.4 Å². The van der Waals surface area contributed by atoms with Gasteiger partial charge in [0.2, 0.25) is 5.91 Å². The Kier molecular flexibility index (Phi) is 7.24. The topological polar surface area (TPSA) is 91.0 Å². The van der Waals surface area contributed by atoms with E-state index in [1.807, 2.05) is 30.3 Å². The second kappa shape index (κ2) is 10.5. The number of ether oxygens (including phenoxy) is 1. The fraction of sp³-hybridized carbons (Fsp3) is 0.400. The second-order valence-corrected chi connectivity index (χ2v) is 8.58. The molecule has 8 nitrogen and oxygen atoms in total. The zero-order valence-electron chi connectivity index (χ0n) is 18.8. The summed E-state index contributed by atoms with van der Waals surface area (Å²) in [7, 11) is 1.58. The molecule has 2 aromatic rings. The van der Waals surface area contributed by atoms with Crippen LogP contribution in [0.15, 0.2) is 54.6 Å². The van der Waals surface area contributed by atoms with Crippen molar-refractivity contribution in [2.24, 2.45) is 0 Å². The van der Waals surface area contributed by atoms with Crippen molar-refractivity contribution in [2.75, 3.05) is 20.2 Å². The number of imide groups is 1. The SMILES string of the molecule is COc1ccc(CN2C(=O)N[C@H](CC(=O)NC3CCN(Cc4ccccc4)CC3)C2=O)cc1. The Hall–Kier alpha value is -3.39. The lowest BCUT2D eigenvalue weighted by atomic mass is 10.0. The number of piperidine rings is 1. The third kappa shape index (κ3) is 5.90. The Labute approximate surface area is 193 Å². The monoisotopic (exact) mass is 450 g/mol. The van der Waals surface area contributed by atoms with Crippen molar-refractivity contribution in [2.45, 2.75) is 44.4 Å². The molecule has 4 amide bonds. The molecule has 0 radical (unpaired) electrons. The number of nitrogens with zero attached hydrogens (tertiary/aromatic N) is 2. The van der Waals surface area contributed by atoms with Crippen molar-refractivity contribution in [3.63, 3.8) is 0 Å². The molecule has 33 heavy (non-hydrogen) atoms. The number of likely N-dealkylation sites (tertiary alicyclic amines) is 1. The Balaban J connectivity index is 1.22. The number of hydrogen-bond donors (Lipinski definition) is 2. The molecule has 2 saturated heterocycles. The van der Waals surface area contributed by atoms with Crippen molar-refractivity contribution >= 4 is 17.8 Å². The van der Waals surface area contributed by atoms with Gasteiger partial charge in [-0.2, -0.15) is 0 Å². The van der Waals surface area contributed by atoms with E-state index >= 15 is 0 Å². The Morgan fingerprint density at radius 1 is 1.00 bits per heavy atom. The zero-order valence-corrected chi connectivity index (χ0v) is 18.8. The van der Waals surface area contributed by atoms with Crippen LogP contribution in [0.25, 0.3) is 0 Å². The first-order chi connectivity index (χ1) is 16.0. The number of carbonyl (C=O) groups excluding carboxylic acids is 3. The third-order valence-electron chi connectivity index (χ3n) is 6.20. The van der Waals surface area contributed by atoms with Crippen molar-refractivity contribution in [3.05, 3.63) is 65.7 Å². The molecule has 0 bridgehead atoms. The summed E-state index contributed by atoms with van der Waals surface area (Å²) in [5.41, 5.74) is 2.10. The van der Waals surface area contributed by atoms with Crippen LogP contribution in [0.3, 0.4) is 0 Å². The van der Waals surface area contributed by atoms with Crippen LogP contribution < -0.4 is 15.4 Å². The minimum Gasteiger partial charge on any atom is -0.497 e. The van der Waals surface area contributed by atoms with Crippen molar-refractivity contribution in [3.8, 4) is 5.75 Å². The van der Waals surface area contributed by atoms with Crippen LogP contribution in [0, 0.1) is 0 Å². The van der Waals surface area contributed by atoms with Crippen molar-refractivity contribution < 1.29 is 19.1 Å². The van der Waals surface area contributed by atoms with E-state index in [0.29, 0.717) is 5.75 Å². The summed E-state index contributed by atoms with van der Waals surface area (Å²) in [5, 5.41) is 5.68. The van der Waals surface area contributed by atoms with Crippen LogP contribution >= 0.6 is 0 Å². The molecule has 8 heteroatoms. The van der Waals surface area contributed by atoms with E-state index in [9.17, 15) is 14.4 Å². The number of urea groups is 1. The Morgan fingerprint density at radius 2 is 1.67 bits per heavy atom. The molecule has 0 unspecified atom stereocenters. The van der Waals surface area contributed by atoms with Gasteiger partial charge >= 0.3 is 6.03 Å². The van der Waals surface area contributed by atoms with Gasteiger partial charge in [0.1, 0.15) is 11.8 Å².